The molecule has 0 spiro atoms. The van der Waals surface area contributed by atoms with Gasteiger partial charge in [-0.05, 0) is 13.8 Å². The molecule has 0 aromatic carbocycles. The Balaban J connectivity index is 2.34. The Bertz CT molecular complexity index is 270. The summed E-state index contributed by atoms with van der Waals surface area (Å²) in [5.41, 5.74) is 0. The number of hydrogen-bond donors (Lipinski definition) is 1. The second kappa shape index (κ2) is 5.59. The number of carbonyl (C=O) groups excluding carboxylic acids is 1. The van der Waals surface area contributed by atoms with Crippen LogP contribution in [0.1, 0.15) is 13.8 Å². The molecule has 0 saturated carbocycles. The van der Waals surface area contributed by atoms with E-state index in [2.05, 4.69) is 10.3 Å². The van der Waals surface area contributed by atoms with Crippen LogP contribution in [0.5, 0.6) is 0 Å². The number of rotatable bonds is 5. The fourth-order valence-corrected chi connectivity index (χ4v) is 1.68. The van der Waals surface area contributed by atoms with Gasteiger partial charge >= 0.3 is 0 Å². The third kappa shape index (κ3) is 2.99. The van der Waals surface area contributed by atoms with E-state index >= 15 is 0 Å². The minimum absolute atomic E-state index is 0.116. The van der Waals surface area contributed by atoms with Gasteiger partial charge in [0, 0.05) is 24.7 Å². The van der Waals surface area contributed by atoms with E-state index in [4.69, 9.17) is 0 Å². The van der Waals surface area contributed by atoms with Gasteiger partial charge in [-0.3, -0.25) is 4.79 Å². The van der Waals surface area contributed by atoms with Crippen molar-refractivity contribution in [2.75, 3.05) is 25.0 Å². The van der Waals surface area contributed by atoms with Crippen LogP contribution in [0.15, 0.2) is 11.6 Å². The monoisotopic (exact) mass is 213 g/mol. The van der Waals surface area contributed by atoms with Crippen LogP contribution < -0.4 is 5.32 Å². The standard InChI is InChI=1S/C9H15N3OS/c1-3-12(4-2)8(13)7-11-9-10-5-6-14-9/h5-6H,3-4,7H2,1-2H3,(H,10,11). The zero-order valence-electron chi connectivity index (χ0n) is 8.49. The normalized spacial score (nSPS) is 9.86. The van der Waals surface area contributed by atoms with Crippen molar-refractivity contribution in [3.63, 3.8) is 0 Å². The van der Waals surface area contributed by atoms with Gasteiger partial charge in [-0.25, -0.2) is 4.98 Å². The lowest BCUT2D eigenvalue weighted by atomic mass is 10.4. The van der Waals surface area contributed by atoms with Crippen LogP contribution in [0.4, 0.5) is 5.13 Å². The van der Waals surface area contributed by atoms with Crippen LogP contribution >= 0.6 is 11.3 Å². The van der Waals surface area contributed by atoms with Crippen LogP contribution in [0.3, 0.4) is 0 Å². The largest absolute Gasteiger partial charge is 0.352 e. The Kier molecular flexibility index (Phi) is 4.39. The van der Waals surface area contributed by atoms with Crippen molar-refractivity contribution in [2.24, 2.45) is 0 Å². The highest BCUT2D eigenvalue weighted by molar-refractivity contribution is 7.13. The smallest absolute Gasteiger partial charge is 0.241 e. The number of carbonyl (C=O) groups is 1. The summed E-state index contributed by atoms with van der Waals surface area (Å²) in [6, 6.07) is 0. The fourth-order valence-electron chi connectivity index (χ4n) is 1.15. The lowest BCUT2D eigenvalue weighted by Gasteiger charge is -2.18. The molecular formula is C9H15N3OS. The molecule has 1 aromatic rings. The number of amides is 1. The van der Waals surface area contributed by atoms with Gasteiger partial charge in [0.05, 0.1) is 6.54 Å². The van der Waals surface area contributed by atoms with Gasteiger partial charge in [0.25, 0.3) is 0 Å². The second-order valence-electron chi connectivity index (χ2n) is 2.76. The van der Waals surface area contributed by atoms with Crippen molar-refractivity contribution < 1.29 is 4.79 Å². The van der Waals surface area contributed by atoms with E-state index in [1.54, 1.807) is 11.1 Å². The summed E-state index contributed by atoms with van der Waals surface area (Å²) in [5, 5.41) is 5.67. The predicted molar refractivity (Wildman–Crippen MR) is 58.5 cm³/mol. The molecule has 0 radical (unpaired) electrons. The highest BCUT2D eigenvalue weighted by Crippen LogP contribution is 2.09. The second-order valence-corrected chi connectivity index (χ2v) is 3.65. The Labute approximate surface area is 88.0 Å². The van der Waals surface area contributed by atoms with Crippen LogP contribution in [0.2, 0.25) is 0 Å². The van der Waals surface area contributed by atoms with Crippen molar-refractivity contribution in [3.05, 3.63) is 11.6 Å². The van der Waals surface area contributed by atoms with Gasteiger partial charge < -0.3 is 10.2 Å². The quantitative estimate of drug-likeness (QED) is 0.804. The number of thiazole rings is 1. The van der Waals surface area contributed by atoms with Crippen molar-refractivity contribution in [2.45, 2.75) is 13.8 Å². The molecule has 5 heteroatoms. The summed E-state index contributed by atoms with van der Waals surface area (Å²) >= 11 is 1.50. The van der Waals surface area contributed by atoms with Crippen molar-refractivity contribution in [3.8, 4) is 0 Å². The molecule has 0 aliphatic rings. The highest BCUT2D eigenvalue weighted by Gasteiger charge is 2.08. The first-order valence-corrected chi connectivity index (χ1v) is 5.57. The molecule has 1 aromatic heterocycles. The Morgan fingerprint density at radius 3 is 2.79 bits per heavy atom. The first kappa shape index (κ1) is 11.0. The van der Waals surface area contributed by atoms with Crippen molar-refractivity contribution in [1.82, 2.24) is 9.88 Å². The summed E-state index contributed by atoms with van der Waals surface area (Å²) in [7, 11) is 0. The molecule has 4 nitrogen and oxygen atoms in total. The molecule has 1 N–H and O–H groups in total. The van der Waals surface area contributed by atoms with E-state index in [0.29, 0.717) is 6.54 Å². The summed E-state index contributed by atoms with van der Waals surface area (Å²) in [6.45, 7) is 5.80. The Morgan fingerprint density at radius 2 is 2.29 bits per heavy atom. The van der Waals surface area contributed by atoms with Gasteiger partial charge in [0.15, 0.2) is 5.13 Å². The molecule has 0 unspecified atom stereocenters. The zero-order valence-corrected chi connectivity index (χ0v) is 9.30. The molecule has 0 atom stereocenters. The Morgan fingerprint density at radius 1 is 1.57 bits per heavy atom. The fraction of sp³-hybridized carbons (Fsp3) is 0.556. The topological polar surface area (TPSA) is 45.2 Å². The molecule has 1 heterocycles. The summed E-state index contributed by atoms with van der Waals surface area (Å²) in [5.74, 6) is 0.116. The van der Waals surface area contributed by atoms with Crippen molar-refractivity contribution in [1.29, 1.82) is 0 Å². The maximum atomic E-state index is 11.5. The molecule has 0 fully saturated rings. The van der Waals surface area contributed by atoms with Crippen molar-refractivity contribution >= 4 is 22.4 Å². The molecule has 0 saturated heterocycles. The van der Waals surface area contributed by atoms with E-state index in [9.17, 15) is 4.79 Å². The summed E-state index contributed by atoms with van der Waals surface area (Å²) < 4.78 is 0. The Hall–Kier alpha value is -1.10. The van der Waals surface area contributed by atoms with Gasteiger partial charge in [0.2, 0.25) is 5.91 Å². The maximum absolute atomic E-state index is 11.5. The third-order valence-electron chi connectivity index (χ3n) is 1.94. The summed E-state index contributed by atoms with van der Waals surface area (Å²) in [6.07, 6.45) is 1.72. The van der Waals surface area contributed by atoms with Crippen LogP contribution in [0.25, 0.3) is 0 Å². The van der Waals surface area contributed by atoms with E-state index in [1.165, 1.54) is 11.3 Å². The van der Waals surface area contributed by atoms with E-state index < -0.39 is 0 Å². The minimum Gasteiger partial charge on any atom is -0.352 e. The predicted octanol–water partition coefficient (Wildman–Crippen LogP) is 1.42. The minimum atomic E-state index is 0.116. The van der Waals surface area contributed by atoms with E-state index in [-0.39, 0.29) is 5.91 Å². The molecule has 14 heavy (non-hydrogen) atoms. The first-order valence-electron chi connectivity index (χ1n) is 4.69. The van der Waals surface area contributed by atoms with Crippen LogP contribution in [0, 0.1) is 0 Å². The zero-order chi connectivity index (χ0) is 10.4. The lowest BCUT2D eigenvalue weighted by molar-refractivity contribution is -0.128. The molecule has 1 amide bonds. The molecule has 78 valence electrons. The SMILES string of the molecule is CCN(CC)C(=O)CNc1nccs1. The average Bonchev–Trinajstić information content (AvgIpc) is 2.69. The number of nitrogens with one attached hydrogen (secondary N) is 1. The lowest BCUT2D eigenvalue weighted by Crippen LogP contribution is -2.35. The number of nitrogens with zero attached hydrogens (tertiary/aromatic N) is 2. The molecule has 0 aliphatic heterocycles. The molecule has 0 aliphatic carbocycles. The summed E-state index contributed by atoms with van der Waals surface area (Å²) in [4.78, 5) is 17.4. The molecular weight excluding hydrogens is 198 g/mol. The van der Waals surface area contributed by atoms with Gasteiger partial charge in [0.1, 0.15) is 0 Å². The number of anilines is 1. The molecule has 1 rings (SSSR count). The average molecular weight is 213 g/mol. The molecule has 0 bridgehead atoms. The number of likely N-dealkylation sites (N-methyl/N-ethyl adjacent to an activating group) is 1. The van der Waals surface area contributed by atoms with Gasteiger partial charge in [-0.1, -0.05) is 0 Å². The van der Waals surface area contributed by atoms with E-state index in [1.807, 2.05) is 19.2 Å². The number of aromatic nitrogens is 1. The van der Waals surface area contributed by atoms with Gasteiger partial charge in [-0.2, -0.15) is 0 Å². The maximum Gasteiger partial charge on any atom is 0.241 e. The van der Waals surface area contributed by atoms with Gasteiger partial charge in [-0.15, -0.1) is 11.3 Å². The van der Waals surface area contributed by atoms with Crippen LogP contribution in [-0.4, -0.2) is 35.4 Å². The third-order valence-corrected chi connectivity index (χ3v) is 2.67. The van der Waals surface area contributed by atoms with Crippen LogP contribution in [-0.2, 0) is 4.79 Å². The number of hydrogen-bond acceptors (Lipinski definition) is 4. The van der Waals surface area contributed by atoms with E-state index in [0.717, 1.165) is 18.2 Å². The first-order chi connectivity index (χ1) is 6.77. The highest BCUT2D eigenvalue weighted by atomic mass is 32.1.